The van der Waals surface area contributed by atoms with Gasteiger partial charge in [0.15, 0.2) is 0 Å². The first-order valence-corrected chi connectivity index (χ1v) is 10.1. The summed E-state index contributed by atoms with van der Waals surface area (Å²) >= 11 is 0. The molecule has 150 valence electrons. The number of halogens is 1. The quantitative estimate of drug-likeness (QED) is 0.558. The van der Waals surface area contributed by atoms with Crippen LogP contribution in [-0.2, 0) is 14.8 Å². The number of non-ortho nitro benzene ring substituents is 1. The summed E-state index contributed by atoms with van der Waals surface area (Å²) in [6.45, 7) is 2.72. The van der Waals surface area contributed by atoms with Crippen molar-refractivity contribution in [2.45, 2.75) is 19.9 Å². The van der Waals surface area contributed by atoms with Crippen molar-refractivity contribution in [3.63, 3.8) is 0 Å². The minimum atomic E-state index is -3.88. The Morgan fingerprint density at radius 1 is 1.25 bits per heavy atom. The average molecular weight is 409 g/mol. The molecule has 2 rings (SSSR count). The Bertz CT molecular complexity index is 993. The van der Waals surface area contributed by atoms with Gasteiger partial charge in [0.25, 0.3) is 5.69 Å². The van der Waals surface area contributed by atoms with Crippen LogP contribution in [0, 0.1) is 22.9 Å². The van der Waals surface area contributed by atoms with Crippen LogP contribution in [0.3, 0.4) is 0 Å². The highest BCUT2D eigenvalue weighted by Crippen LogP contribution is 2.27. The lowest BCUT2D eigenvalue weighted by molar-refractivity contribution is -0.384. The molecule has 0 saturated heterocycles. The SMILES string of the molecule is Cc1ccc([N+](=O)[O-])cc1N(CC(=O)NC(C)c1ccc(F)cc1)S(C)(=O)=O. The molecule has 0 spiro atoms. The Labute approximate surface area is 162 Å². The fourth-order valence-corrected chi connectivity index (χ4v) is 3.52. The highest BCUT2D eigenvalue weighted by molar-refractivity contribution is 7.92. The smallest absolute Gasteiger partial charge is 0.271 e. The van der Waals surface area contributed by atoms with E-state index in [4.69, 9.17) is 0 Å². The van der Waals surface area contributed by atoms with Crippen molar-refractivity contribution in [2.24, 2.45) is 0 Å². The molecular weight excluding hydrogens is 389 g/mol. The molecule has 1 amide bonds. The molecule has 0 aliphatic heterocycles. The van der Waals surface area contributed by atoms with E-state index in [-0.39, 0.29) is 11.4 Å². The van der Waals surface area contributed by atoms with E-state index < -0.39 is 39.3 Å². The highest BCUT2D eigenvalue weighted by Gasteiger charge is 2.25. The van der Waals surface area contributed by atoms with Gasteiger partial charge in [-0.15, -0.1) is 0 Å². The molecule has 2 aromatic rings. The summed E-state index contributed by atoms with van der Waals surface area (Å²) in [6, 6.07) is 8.85. The molecule has 28 heavy (non-hydrogen) atoms. The van der Waals surface area contributed by atoms with Crippen molar-refractivity contribution >= 4 is 27.3 Å². The number of carbonyl (C=O) groups excluding carboxylic acids is 1. The summed E-state index contributed by atoms with van der Waals surface area (Å²) in [5.74, 6) is -1.01. The van der Waals surface area contributed by atoms with Gasteiger partial charge in [0.2, 0.25) is 15.9 Å². The Hall–Kier alpha value is -3.01. The van der Waals surface area contributed by atoms with E-state index in [0.29, 0.717) is 11.1 Å². The third kappa shape index (κ3) is 5.26. The van der Waals surface area contributed by atoms with Gasteiger partial charge in [0.05, 0.1) is 22.9 Å². The van der Waals surface area contributed by atoms with Crippen LogP contribution in [0.2, 0.25) is 0 Å². The summed E-state index contributed by atoms with van der Waals surface area (Å²) in [7, 11) is -3.88. The lowest BCUT2D eigenvalue weighted by Crippen LogP contribution is -2.41. The Balaban J connectivity index is 2.26. The van der Waals surface area contributed by atoms with Crippen molar-refractivity contribution in [1.82, 2.24) is 5.32 Å². The second-order valence-corrected chi connectivity index (χ2v) is 8.25. The van der Waals surface area contributed by atoms with E-state index in [1.807, 2.05) is 0 Å². The second kappa shape index (κ2) is 8.34. The van der Waals surface area contributed by atoms with Gasteiger partial charge < -0.3 is 5.32 Å². The van der Waals surface area contributed by atoms with E-state index in [9.17, 15) is 27.7 Å². The molecule has 0 heterocycles. The average Bonchev–Trinajstić information content (AvgIpc) is 2.59. The number of hydrogen-bond donors (Lipinski definition) is 1. The zero-order valence-electron chi connectivity index (χ0n) is 15.5. The maximum atomic E-state index is 13.0. The van der Waals surface area contributed by atoms with Gasteiger partial charge in [0.1, 0.15) is 12.4 Å². The van der Waals surface area contributed by atoms with Crippen LogP contribution in [-0.4, -0.2) is 32.0 Å². The van der Waals surface area contributed by atoms with Crippen molar-refractivity contribution in [3.05, 3.63) is 69.5 Å². The van der Waals surface area contributed by atoms with E-state index in [1.54, 1.807) is 13.8 Å². The molecule has 0 saturated carbocycles. The minimum absolute atomic E-state index is 0.0567. The summed E-state index contributed by atoms with van der Waals surface area (Å²) in [5, 5.41) is 13.7. The van der Waals surface area contributed by atoms with Gasteiger partial charge in [-0.05, 0) is 37.1 Å². The van der Waals surface area contributed by atoms with Crippen LogP contribution in [0.5, 0.6) is 0 Å². The van der Waals surface area contributed by atoms with Crippen LogP contribution >= 0.6 is 0 Å². The van der Waals surface area contributed by atoms with Gasteiger partial charge in [0, 0.05) is 12.1 Å². The van der Waals surface area contributed by atoms with E-state index in [1.165, 1.54) is 36.4 Å². The molecule has 1 atom stereocenters. The topological polar surface area (TPSA) is 110 Å². The second-order valence-electron chi connectivity index (χ2n) is 6.34. The van der Waals surface area contributed by atoms with Gasteiger partial charge in [-0.1, -0.05) is 18.2 Å². The molecule has 0 aliphatic rings. The number of nitro benzene ring substituents is 1. The van der Waals surface area contributed by atoms with Crippen molar-refractivity contribution in [3.8, 4) is 0 Å². The lowest BCUT2D eigenvalue weighted by Gasteiger charge is -2.24. The van der Waals surface area contributed by atoms with Crippen LogP contribution in [0.15, 0.2) is 42.5 Å². The number of nitrogens with one attached hydrogen (secondary N) is 1. The number of nitro groups is 1. The number of hydrogen-bond acceptors (Lipinski definition) is 5. The number of benzene rings is 2. The molecular formula is C18H20FN3O5S. The van der Waals surface area contributed by atoms with Crippen molar-refractivity contribution in [1.29, 1.82) is 0 Å². The number of anilines is 1. The number of rotatable bonds is 7. The maximum absolute atomic E-state index is 13.0. The zero-order valence-corrected chi connectivity index (χ0v) is 16.4. The molecule has 0 aromatic heterocycles. The van der Waals surface area contributed by atoms with E-state index in [0.717, 1.165) is 16.6 Å². The van der Waals surface area contributed by atoms with Gasteiger partial charge in [-0.3, -0.25) is 19.2 Å². The molecule has 2 aromatic carbocycles. The monoisotopic (exact) mass is 409 g/mol. The number of nitrogens with zero attached hydrogens (tertiary/aromatic N) is 2. The summed E-state index contributed by atoms with van der Waals surface area (Å²) in [4.78, 5) is 22.8. The largest absolute Gasteiger partial charge is 0.348 e. The van der Waals surface area contributed by atoms with Crippen LogP contribution < -0.4 is 9.62 Å². The first kappa shape index (κ1) is 21.3. The third-order valence-corrected chi connectivity index (χ3v) is 5.23. The normalized spacial score (nSPS) is 12.3. The van der Waals surface area contributed by atoms with Gasteiger partial charge >= 0.3 is 0 Å². The van der Waals surface area contributed by atoms with E-state index in [2.05, 4.69) is 5.32 Å². The van der Waals surface area contributed by atoms with Crippen LogP contribution in [0.4, 0.5) is 15.8 Å². The van der Waals surface area contributed by atoms with Crippen LogP contribution in [0.25, 0.3) is 0 Å². The number of aryl methyl sites for hydroxylation is 1. The fourth-order valence-electron chi connectivity index (χ4n) is 2.61. The first-order chi connectivity index (χ1) is 13.0. The molecule has 1 unspecified atom stereocenters. The maximum Gasteiger partial charge on any atom is 0.271 e. The number of amides is 1. The minimum Gasteiger partial charge on any atom is -0.348 e. The van der Waals surface area contributed by atoms with Gasteiger partial charge in [-0.2, -0.15) is 0 Å². The Morgan fingerprint density at radius 3 is 2.39 bits per heavy atom. The molecule has 10 heteroatoms. The Morgan fingerprint density at radius 2 is 1.86 bits per heavy atom. The summed E-state index contributed by atoms with van der Waals surface area (Å²) in [5.41, 5.74) is 0.887. The fraction of sp³-hybridized carbons (Fsp3) is 0.278. The lowest BCUT2D eigenvalue weighted by atomic mass is 10.1. The van der Waals surface area contributed by atoms with Crippen LogP contribution in [0.1, 0.15) is 24.1 Å². The molecule has 0 aliphatic carbocycles. The molecule has 0 bridgehead atoms. The number of sulfonamides is 1. The number of carbonyl (C=O) groups is 1. The van der Waals surface area contributed by atoms with E-state index >= 15 is 0 Å². The molecule has 0 fully saturated rings. The Kier molecular flexibility index (Phi) is 6.34. The highest BCUT2D eigenvalue weighted by atomic mass is 32.2. The summed E-state index contributed by atoms with van der Waals surface area (Å²) in [6.07, 6.45) is 0.919. The molecule has 1 N–H and O–H groups in total. The zero-order chi connectivity index (χ0) is 21.1. The van der Waals surface area contributed by atoms with Gasteiger partial charge in [-0.25, -0.2) is 12.8 Å². The molecule has 8 nitrogen and oxygen atoms in total. The summed E-state index contributed by atoms with van der Waals surface area (Å²) < 4.78 is 38.3. The predicted molar refractivity (Wildman–Crippen MR) is 103 cm³/mol. The standard InChI is InChI=1S/C18H20FN3O5S/c1-12-4-9-16(22(24)25)10-17(12)21(28(3,26)27)11-18(23)20-13(2)14-5-7-15(19)8-6-14/h4-10,13H,11H2,1-3H3,(H,20,23). The predicted octanol–water partition coefficient (Wildman–Crippen LogP) is 2.69. The molecule has 0 radical (unpaired) electrons. The van der Waals surface area contributed by atoms with Crippen molar-refractivity contribution < 1.29 is 22.5 Å². The first-order valence-electron chi connectivity index (χ1n) is 8.26. The third-order valence-electron chi connectivity index (χ3n) is 4.11. The van der Waals surface area contributed by atoms with Crippen molar-refractivity contribution in [2.75, 3.05) is 17.1 Å².